The molecule has 2 unspecified atom stereocenters. The van der Waals surface area contributed by atoms with E-state index in [2.05, 4.69) is 15.9 Å². The fourth-order valence-electron chi connectivity index (χ4n) is 1.36. The summed E-state index contributed by atoms with van der Waals surface area (Å²) in [4.78, 5) is 0. The van der Waals surface area contributed by atoms with E-state index in [0.717, 1.165) is 10.0 Å². The lowest BCUT2D eigenvalue weighted by Crippen LogP contribution is -2.04. The van der Waals surface area contributed by atoms with Crippen molar-refractivity contribution in [3.05, 3.63) is 33.8 Å². The van der Waals surface area contributed by atoms with E-state index >= 15 is 0 Å². The average molecular weight is 261 g/mol. The standard InChI is InChI=1S/C11H14BrFO/c1-7(14)5-9-3-4-10(8(2)13)11(12)6-9/h3-4,6-8,14H,5H2,1-2H3. The Kier molecular flexibility index (Phi) is 4.08. The highest BCUT2D eigenvalue weighted by Crippen LogP contribution is 2.27. The third-order valence-corrected chi connectivity index (χ3v) is 2.71. The van der Waals surface area contributed by atoms with Crippen LogP contribution in [0.15, 0.2) is 22.7 Å². The number of aliphatic hydroxyl groups excluding tert-OH is 1. The molecule has 14 heavy (non-hydrogen) atoms. The van der Waals surface area contributed by atoms with E-state index in [1.807, 2.05) is 12.1 Å². The van der Waals surface area contributed by atoms with Crippen molar-refractivity contribution < 1.29 is 9.50 Å². The molecule has 2 atom stereocenters. The van der Waals surface area contributed by atoms with Crippen LogP contribution in [-0.4, -0.2) is 11.2 Å². The highest BCUT2D eigenvalue weighted by molar-refractivity contribution is 9.10. The summed E-state index contributed by atoms with van der Waals surface area (Å²) in [6.45, 7) is 3.24. The molecule has 1 nitrogen and oxygen atoms in total. The van der Waals surface area contributed by atoms with Gasteiger partial charge >= 0.3 is 0 Å². The van der Waals surface area contributed by atoms with E-state index in [0.29, 0.717) is 12.0 Å². The van der Waals surface area contributed by atoms with Gasteiger partial charge in [-0.1, -0.05) is 28.1 Å². The molecule has 0 aromatic heterocycles. The van der Waals surface area contributed by atoms with E-state index in [-0.39, 0.29) is 6.10 Å². The van der Waals surface area contributed by atoms with Crippen molar-refractivity contribution in [1.29, 1.82) is 0 Å². The normalized spacial score (nSPS) is 15.2. The van der Waals surface area contributed by atoms with Crippen LogP contribution >= 0.6 is 15.9 Å². The summed E-state index contributed by atoms with van der Waals surface area (Å²) < 4.78 is 13.8. The van der Waals surface area contributed by atoms with Gasteiger partial charge in [0.05, 0.1) is 6.10 Å². The zero-order valence-corrected chi connectivity index (χ0v) is 9.88. The molecule has 1 N–H and O–H groups in total. The second-order valence-corrected chi connectivity index (χ2v) is 4.38. The molecule has 0 aliphatic heterocycles. The lowest BCUT2D eigenvalue weighted by Gasteiger charge is -2.09. The Morgan fingerprint density at radius 1 is 1.43 bits per heavy atom. The number of rotatable bonds is 3. The third-order valence-electron chi connectivity index (χ3n) is 2.02. The molecular formula is C11H14BrFO. The Labute approximate surface area is 92.1 Å². The summed E-state index contributed by atoms with van der Waals surface area (Å²) >= 11 is 3.32. The molecule has 0 heterocycles. The largest absolute Gasteiger partial charge is 0.393 e. The van der Waals surface area contributed by atoms with Crippen LogP contribution in [0.4, 0.5) is 4.39 Å². The second-order valence-electron chi connectivity index (χ2n) is 3.53. The van der Waals surface area contributed by atoms with Crippen LogP contribution in [0.1, 0.15) is 31.1 Å². The van der Waals surface area contributed by atoms with E-state index in [4.69, 9.17) is 0 Å². The molecule has 0 saturated heterocycles. The molecule has 0 radical (unpaired) electrons. The van der Waals surface area contributed by atoms with Crippen molar-refractivity contribution in [2.45, 2.75) is 32.5 Å². The van der Waals surface area contributed by atoms with E-state index < -0.39 is 6.17 Å². The fourth-order valence-corrected chi connectivity index (χ4v) is 2.10. The van der Waals surface area contributed by atoms with Gasteiger partial charge in [0.1, 0.15) is 6.17 Å². The Morgan fingerprint density at radius 2 is 2.07 bits per heavy atom. The van der Waals surface area contributed by atoms with Crippen LogP contribution < -0.4 is 0 Å². The minimum Gasteiger partial charge on any atom is -0.393 e. The quantitative estimate of drug-likeness (QED) is 0.884. The molecule has 0 aliphatic carbocycles. The number of benzene rings is 1. The highest BCUT2D eigenvalue weighted by Gasteiger charge is 2.08. The molecule has 3 heteroatoms. The summed E-state index contributed by atoms with van der Waals surface area (Å²) in [6.07, 6.45) is -0.736. The molecule has 1 aromatic carbocycles. The van der Waals surface area contributed by atoms with Crippen molar-refractivity contribution in [3.8, 4) is 0 Å². The van der Waals surface area contributed by atoms with Crippen molar-refractivity contribution in [1.82, 2.24) is 0 Å². The molecule has 0 saturated carbocycles. The molecule has 0 spiro atoms. The van der Waals surface area contributed by atoms with E-state index in [9.17, 15) is 9.50 Å². The lowest BCUT2D eigenvalue weighted by molar-refractivity contribution is 0.195. The van der Waals surface area contributed by atoms with Crippen molar-refractivity contribution in [3.63, 3.8) is 0 Å². The minimum absolute atomic E-state index is 0.365. The molecule has 78 valence electrons. The number of aliphatic hydroxyl groups is 1. The molecule has 0 fully saturated rings. The van der Waals surface area contributed by atoms with Gasteiger partial charge in [-0.25, -0.2) is 4.39 Å². The van der Waals surface area contributed by atoms with E-state index in [1.54, 1.807) is 13.0 Å². The number of halogens is 2. The summed E-state index contributed by atoms with van der Waals surface area (Å²) in [5.41, 5.74) is 1.66. The summed E-state index contributed by atoms with van der Waals surface area (Å²) in [5, 5.41) is 9.19. The SMILES string of the molecule is CC(O)Cc1ccc(C(C)F)c(Br)c1. The molecule has 0 amide bonds. The van der Waals surface area contributed by atoms with Gasteiger partial charge in [-0.15, -0.1) is 0 Å². The summed E-state index contributed by atoms with van der Waals surface area (Å²) in [7, 11) is 0. The minimum atomic E-state index is -0.968. The topological polar surface area (TPSA) is 20.2 Å². The average Bonchev–Trinajstić information content (AvgIpc) is 2.01. The molecule has 1 aromatic rings. The van der Waals surface area contributed by atoms with Crippen LogP contribution in [0, 0.1) is 0 Å². The zero-order valence-electron chi connectivity index (χ0n) is 8.30. The molecule has 1 rings (SSSR count). The van der Waals surface area contributed by atoms with Crippen LogP contribution in [0.2, 0.25) is 0 Å². The molecule has 0 aliphatic rings. The van der Waals surface area contributed by atoms with Crippen molar-refractivity contribution in [2.75, 3.05) is 0 Å². The predicted octanol–water partition coefficient (Wildman–Crippen LogP) is 3.40. The van der Waals surface area contributed by atoms with Gasteiger partial charge in [-0.05, 0) is 37.5 Å². The summed E-state index contributed by atoms with van der Waals surface area (Å²) in [6, 6.07) is 5.47. The summed E-state index contributed by atoms with van der Waals surface area (Å²) in [5.74, 6) is 0. The van der Waals surface area contributed by atoms with Gasteiger partial charge in [0, 0.05) is 4.47 Å². The third kappa shape index (κ3) is 3.07. The Balaban J connectivity index is 2.89. The van der Waals surface area contributed by atoms with Crippen LogP contribution in [0.5, 0.6) is 0 Å². The Bertz CT molecular complexity index is 310. The molecule has 0 bridgehead atoms. The first-order valence-electron chi connectivity index (χ1n) is 4.61. The lowest BCUT2D eigenvalue weighted by atomic mass is 10.0. The maximum Gasteiger partial charge on any atom is 0.123 e. The predicted molar refractivity (Wildman–Crippen MR) is 59.0 cm³/mol. The first kappa shape index (κ1) is 11.7. The van der Waals surface area contributed by atoms with Gasteiger partial charge in [0.2, 0.25) is 0 Å². The van der Waals surface area contributed by atoms with Crippen LogP contribution in [-0.2, 0) is 6.42 Å². The fraction of sp³-hybridized carbons (Fsp3) is 0.455. The zero-order chi connectivity index (χ0) is 10.7. The van der Waals surface area contributed by atoms with Crippen LogP contribution in [0.3, 0.4) is 0 Å². The second kappa shape index (κ2) is 4.89. The van der Waals surface area contributed by atoms with Crippen LogP contribution in [0.25, 0.3) is 0 Å². The smallest absolute Gasteiger partial charge is 0.123 e. The molecular weight excluding hydrogens is 247 g/mol. The monoisotopic (exact) mass is 260 g/mol. The number of hydrogen-bond acceptors (Lipinski definition) is 1. The van der Waals surface area contributed by atoms with Gasteiger partial charge in [-0.2, -0.15) is 0 Å². The maximum atomic E-state index is 13.0. The van der Waals surface area contributed by atoms with Gasteiger partial charge in [0.15, 0.2) is 0 Å². The first-order chi connectivity index (χ1) is 6.50. The van der Waals surface area contributed by atoms with E-state index in [1.165, 1.54) is 6.92 Å². The van der Waals surface area contributed by atoms with Crippen molar-refractivity contribution >= 4 is 15.9 Å². The van der Waals surface area contributed by atoms with Crippen molar-refractivity contribution in [2.24, 2.45) is 0 Å². The number of alkyl halides is 1. The van der Waals surface area contributed by atoms with Gasteiger partial charge in [-0.3, -0.25) is 0 Å². The van der Waals surface area contributed by atoms with Gasteiger partial charge < -0.3 is 5.11 Å². The maximum absolute atomic E-state index is 13.0. The first-order valence-corrected chi connectivity index (χ1v) is 5.40. The van der Waals surface area contributed by atoms with Gasteiger partial charge in [0.25, 0.3) is 0 Å². The Morgan fingerprint density at radius 3 is 2.50 bits per heavy atom. The number of hydrogen-bond donors (Lipinski definition) is 1. The highest BCUT2D eigenvalue weighted by atomic mass is 79.9. The Hall–Kier alpha value is -0.410.